The minimum absolute atomic E-state index is 0.0402. The largest absolute Gasteiger partial charge is 0.350 e. The quantitative estimate of drug-likeness (QED) is 0.928. The zero-order valence-electron chi connectivity index (χ0n) is 11.2. The van der Waals surface area contributed by atoms with Crippen molar-refractivity contribution < 1.29 is 9.59 Å². The summed E-state index contributed by atoms with van der Waals surface area (Å²) in [5.74, 6) is -0.0905. The molecule has 1 saturated heterocycles. The van der Waals surface area contributed by atoms with Gasteiger partial charge in [0.25, 0.3) is 0 Å². The SMILES string of the molecule is CCN1C(=O)CCC1C(=O)NCc1cc(Cl)cc(Cl)c1. The lowest BCUT2D eigenvalue weighted by atomic mass is 10.2. The summed E-state index contributed by atoms with van der Waals surface area (Å²) in [5.41, 5.74) is 0.836. The summed E-state index contributed by atoms with van der Waals surface area (Å²) in [7, 11) is 0. The Morgan fingerprint density at radius 3 is 2.60 bits per heavy atom. The van der Waals surface area contributed by atoms with Gasteiger partial charge in [-0.3, -0.25) is 9.59 Å². The van der Waals surface area contributed by atoms with Gasteiger partial charge >= 0.3 is 0 Å². The zero-order chi connectivity index (χ0) is 14.7. The molecule has 20 heavy (non-hydrogen) atoms. The van der Waals surface area contributed by atoms with Crippen LogP contribution in [0.4, 0.5) is 0 Å². The Labute approximate surface area is 128 Å². The highest BCUT2D eigenvalue weighted by Crippen LogP contribution is 2.20. The number of benzene rings is 1. The van der Waals surface area contributed by atoms with E-state index in [0.717, 1.165) is 5.56 Å². The highest BCUT2D eigenvalue weighted by Gasteiger charge is 2.34. The molecule has 1 aromatic rings. The van der Waals surface area contributed by atoms with Crippen LogP contribution in [-0.4, -0.2) is 29.3 Å². The summed E-state index contributed by atoms with van der Waals surface area (Å²) in [6.07, 6.45) is 1.02. The molecule has 0 spiro atoms. The maximum atomic E-state index is 12.1. The van der Waals surface area contributed by atoms with Gasteiger partial charge in [0.15, 0.2) is 0 Å². The molecule has 0 aliphatic carbocycles. The topological polar surface area (TPSA) is 49.4 Å². The Balaban J connectivity index is 1.97. The Kier molecular flexibility index (Phi) is 4.89. The van der Waals surface area contributed by atoms with E-state index in [-0.39, 0.29) is 17.9 Å². The van der Waals surface area contributed by atoms with Crippen LogP contribution in [0.5, 0.6) is 0 Å². The molecule has 108 valence electrons. The Bertz CT molecular complexity index is 514. The average molecular weight is 315 g/mol. The van der Waals surface area contributed by atoms with Gasteiger partial charge in [-0.2, -0.15) is 0 Å². The molecule has 1 aromatic carbocycles. The summed E-state index contributed by atoms with van der Waals surface area (Å²) >= 11 is 11.8. The second kappa shape index (κ2) is 6.46. The van der Waals surface area contributed by atoms with Gasteiger partial charge in [0.2, 0.25) is 11.8 Å². The highest BCUT2D eigenvalue weighted by atomic mass is 35.5. The van der Waals surface area contributed by atoms with E-state index in [9.17, 15) is 9.59 Å². The summed E-state index contributed by atoms with van der Waals surface area (Å²) in [5, 5.41) is 3.90. The minimum Gasteiger partial charge on any atom is -0.350 e. The molecule has 1 N–H and O–H groups in total. The summed E-state index contributed by atoms with van der Waals surface area (Å²) in [6, 6.07) is 4.79. The number of likely N-dealkylation sites (tertiary alicyclic amines) is 1. The molecule has 4 nitrogen and oxygen atoms in total. The molecular weight excluding hydrogens is 299 g/mol. The molecule has 0 bridgehead atoms. The second-order valence-electron chi connectivity index (χ2n) is 4.73. The molecule has 1 fully saturated rings. The van der Waals surface area contributed by atoms with Crippen LogP contribution in [0.2, 0.25) is 10.0 Å². The van der Waals surface area contributed by atoms with E-state index < -0.39 is 0 Å². The molecule has 1 heterocycles. The van der Waals surface area contributed by atoms with Crippen LogP contribution >= 0.6 is 23.2 Å². The van der Waals surface area contributed by atoms with Crippen LogP contribution in [0, 0.1) is 0 Å². The Morgan fingerprint density at radius 1 is 1.35 bits per heavy atom. The van der Waals surface area contributed by atoms with Crippen molar-refractivity contribution in [1.82, 2.24) is 10.2 Å². The van der Waals surface area contributed by atoms with Gasteiger partial charge in [-0.05, 0) is 37.1 Å². The lowest BCUT2D eigenvalue weighted by molar-refractivity contribution is -0.135. The maximum Gasteiger partial charge on any atom is 0.243 e. The Morgan fingerprint density at radius 2 is 2.00 bits per heavy atom. The fourth-order valence-electron chi connectivity index (χ4n) is 2.42. The van der Waals surface area contributed by atoms with Crippen molar-refractivity contribution in [2.45, 2.75) is 32.4 Å². The van der Waals surface area contributed by atoms with Gasteiger partial charge in [0, 0.05) is 29.6 Å². The molecule has 1 atom stereocenters. The number of carbonyl (C=O) groups excluding carboxylic acids is 2. The number of hydrogen-bond acceptors (Lipinski definition) is 2. The first-order valence-electron chi connectivity index (χ1n) is 6.53. The van der Waals surface area contributed by atoms with Crippen molar-refractivity contribution in [2.24, 2.45) is 0 Å². The number of halogens is 2. The van der Waals surface area contributed by atoms with Gasteiger partial charge in [-0.25, -0.2) is 0 Å². The van der Waals surface area contributed by atoms with Crippen molar-refractivity contribution in [2.75, 3.05) is 6.54 Å². The van der Waals surface area contributed by atoms with Gasteiger partial charge in [0.05, 0.1) is 0 Å². The summed E-state index contributed by atoms with van der Waals surface area (Å²) in [4.78, 5) is 25.3. The van der Waals surface area contributed by atoms with E-state index in [1.165, 1.54) is 0 Å². The van der Waals surface area contributed by atoms with Crippen molar-refractivity contribution in [3.63, 3.8) is 0 Å². The van der Waals surface area contributed by atoms with Crippen molar-refractivity contribution in [3.8, 4) is 0 Å². The number of likely N-dealkylation sites (N-methyl/N-ethyl adjacent to an activating group) is 1. The molecule has 1 aliphatic rings. The first-order valence-corrected chi connectivity index (χ1v) is 7.29. The fourth-order valence-corrected chi connectivity index (χ4v) is 2.99. The maximum absolute atomic E-state index is 12.1. The van der Waals surface area contributed by atoms with Crippen molar-refractivity contribution in [3.05, 3.63) is 33.8 Å². The number of nitrogens with zero attached hydrogens (tertiary/aromatic N) is 1. The summed E-state index contributed by atoms with van der Waals surface area (Å²) < 4.78 is 0. The first-order chi connectivity index (χ1) is 9.51. The van der Waals surface area contributed by atoms with Crippen molar-refractivity contribution in [1.29, 1.82) is 0 Å². The molecule has 6 heteroatoms. The van der Waals surface area contributed by atoms with E-state index in [1.54, 1.807) is 23.1 Å². The Hall–Kier alpha value is -1.26. The molecule has 0 aromatic heterocycles. The molecule has 2 rings (SSSR count). The van der Waals surface area contributed by atoms with Crippen LogP contribution in [0.3, 0.4) is 0 Å². The molecular formula is C14H16Cl2N2O2. The van der Waals surface area contributed by atoms with Crippen LogP contribution in [0.1, 0.15) is 25.3 Å². The first kappa shape index (κ1) is 15.1. The predicted molar refractivity (Wildman–Crippen MR) is 78.7 cm³/mol. The van der Waals surface area contributed by atoms with Gasteiger partial charge in [-0.1, -0.05) is 23.2 Å². The fraction of sp³-hybridized carbons (Fsp3) is 0.429. The van der Waals surface area contributed by atoms with Crippen LogP contribution in [0.25, 0.3) is 0 Å². The standard InChI is InChI=1S/C14H16Cl2N2O2/c1-2-18-12(3-4-13(18)19)14(20)17-8-9-5-10(15)7-11(16)6-9/h5-7,12H,2-4,8H2,1H3,(H,17,20). The van der Waals surface area contributed by atoms with E-state index in [2.05, 4.69) is 5.32 Å². The zero-order valence-corrected chi connectivity index (χ0v) is 12.7. The lowest BCUT2D eigenvalue weighted by Gasteiger charge is -2.22. The minimum atomic E-state index is -0.359. The number of rotatable bonds is 4. The number of hydrogen-bond donors (Lipinski definition) is 1. The number of amides is 2. The monoisotopic (exact) mass is 314 g/mol. The number of carbonyl (C=O) groups is 2. The van der Waals surface area contributed by atoms with Gasteiger partial charge < -0.3 is 10.2 Å². The van der Waals surface area contributed by atoms with E-state index in [0.29, 0.717) is 36.0 Å². The lowest BCUT2D eigenvalue weighted by Crippen LogP contribution is -2.44. The third kappa shape index (κ3) is 3.44. The normalized spacial score (nSPS) is 18.4. The predicted octanol–water partition coefficient (Wildman–Crippen LogP) is 2.62. The van der Waals surface area contributed by atoms with Gasteiger partial charge in [0.1, 0.15) is 6.04 Å². The molecule has 0 saturated carbocycles. The van der Waals surface area contributed by atoms with E-state index in [1.807, 2.05) is 6.92 Å². The second-order valence-corrected chi connectivity index (χ2v) is 5.60. The smallest absolute Gasteiger partial charge is 0.243 e. The molecule has 0 radical (unpaired) electrons. The van der Waals surface area contributed by atoms with Gasteiger partial charge in [-0.15, -0.1) is 0 Å². The number of nitrogens with one attached hydrogen (secondary N) is 1. The van der Waals surface area contributed by atoms with E-state index >= 15 is 0 Å². The van der Waals surface area contributed by atoms with Crippen LogP contribution in [0.15, 0.2) is 18.2 Å². The molecule has 1 aliphatic heterocycles. The third-order valence-electron chi connectivity index (χ3n) is 3.36. The van der Waals surface area contributed by atoms with Crippen molar-refractivity contribution >= 4 is 35.0 Å². The molecule has 1 unspecified atom stereocenters. The third-order valence-corrected chi connectivity index (χ3v) is 3.80. The molecule has 2 amide bonds. The van der Waals surface area contributed by atoms with E-state index in [4.69, 9.17) is 23.2 Å². The average Bonchev–Trinajstić information content (AvgIpc) is 2.76. The summed E-state index contributed by atoms with van der Waals surface area (Å²) in [6.45, 7) is 2.78. The highest BCUT2D eigenvalue weighted by molar-refractivity contribution is 6.34. The van der Waals surface area contributed by atoms with Crippen LogP contribution < -0.4 is 5.32 Å². The van der Waals surface area contributed by atoms with Crippen LogP contribution in [-0.2, 0) is 16.1 Å².